The van der Waals surface area contributed by atoms with Crippen molar-refractivity contribution in [1.29, 1.82) is 0 Å². The predicted molar refractivity (Wildman–Crippen MR) is 51.5 cm³/mol. The van der Waals surface area contributed by atoms with Gasteiger partial charge in [-0.25, -0.2) is 19.4 Å². The lowest BCUT2D eigenvalue weighted by atomic mass is 9.84. The predicted octanol–water partition coefficient (Wildman–Crippen LogP) is 1.18. The zero-order chi connectivity index (χ0) is 12.1. The highest BCUT2D eigenvalue weighted by Crippen LogP contribution is 2.24. The fraction of sp³-hybridized carbons (Fsp3) is 0.500. The quantitative estimate of drug-likeness (QED) is 0.304. The van der Waals surface area contributed by atoms with Crippen LogP contribution in [0.1, 0.15) is 27.2 Å². The first-order valence-electron chi connectivity index (χ1n) is 4.44. The maximum atomic E-state index is 11.4. The van der Waals surface area contributed by atoms with Gasteiger partial charge in [-0.05, 0) is 20.3 Å². The molecule has 0 aromatic heterocycles. The van der Waals surface area contributed by atoms with Crippen molar-refractivity contribution in [3.63, 3.8) is 0 Å². The number of hydrogen-bond acceptors (Lipinski definition) is 5. The average molecular weight is 214 g/mol. The van der Waals surface area contributed by atoms with Crippen LogP contribution in [0.15, 0.2) is 12.7 Å². The Morgan fingerprint density at radius 1 is 1.33 bits per heavy atom. The first-order valence-corrected chi connectivity index (χ1v) is 4.44. The summed E-state index contributed by atoms with van der Waals surface area (Å²) in [5.74, 6) is -2.11. The SMILES string of the molecule is C=CC(=O)OOC(=O)C(C)(CC)C(C)=O. The summed E-state index contributed by atoms with van der Waals surface area (Å²) in [6, 6.07) is 0. The summed E-state index contributed by atoms with van der Waals surface area (Å²) in [7, 11) is 0. The third-order valence-electron chi connectivity index (χ3n) is 2.30. The van der Waals surface area contributed by atoms with Crippen LogP contribution >= 0.6 is 0 Å². The Hall–Kier alpha value is -1.65. The Morgan fingerprint density at radius 2 is 1.87 bits per heavy atom. The molecule has 0 spiro atoms. The molecule has 0 saturated carbocycles. The third-order valence-corrected chi connectivity index (χ3v) is 2.30. The fourth-order valence-corrected chi connectivity index (χ4v) is 0.742. The Morgan fingerprint density at radius 3 is 2.20 bits per heavy atom. The molecule has 5 heteroatoms. The molecule has 84 valence electrons. The summed E-state index contributed by atoms with van der Waals surface area (Å²) >= 11 is 0. The van der Waals surface area contributed by atoms with Crippen molar-refractivity contribution in [2.24, 2.45) is 5.41 Å². The molecule has 0 radical (unpaired) electrons. The van der Waals surface area contributed by atoms with E-state index in [0.29, 0.717) is 0 Å². The average Bonchev–Trinajstić information content (AvgIpc) is 2.23. The summed E-state index contributed by atoms with van der Waals surface area (Å²) in [6.07, 6.45) is 1.12. The molecule has 0 bridgehead atoms. The Kier molecular flexibility index (Phi) is 4.70. The molecule has 0 aromatic carbocycles. The molecule has 0 aliphatic rings. The molecule has 5 nitrogen and oxygen atoms in total. The molecule has 0 N–H and O–H groups in total. The number of carbonyl (C=O) groups is 3. The molecule has 0 saturated heterocycles. The van der Waals surface area contributed by atoms with Gasteiger partial charge in [-0.2, -0.15) is 0 Å². The van der Waals surface area contributed by atoms with Crippen LogP contribution < -0.4 is 0 Å². The molecule has 1 atom stereocenters. The fourth-order valence-electron chi connectivity index (χ4n) is 0.742. The standard InChI is InChI=1S/C10H14O5/c1-5-8(12)14-15-9(13)10(4,6-2)7(3)11/h5H,1,6H2,2-4H3. The van der Waals surface area contributed by atoms with Crippen LogP contribution in [-0.4, -0.2) is 17.7 Å². The van der Waals surface area contributed by atoms with Crippen LogP contribution in [0.4, 0.5) is 0 Å². The number of ketones is 1. The zero-order valence-electron chi connectivity index (χ0n) is 9.03. The molecule has 0 amide bonds. The van der Waals surface area contributed by atoms with E-state index >= 15 is 0 Å². The van der Waals surface area contributed by atoms with Crippen LogP contribution in [0.2, 0.25) is 0 Å². The molecular formula is C10H14O5. The van der Waals surface area contributed by atoms with Gasteiger partial charge in [0.05, 0.1) is 0 Å². The van der Waals surface area contributed by atoms with Crippen LogP contribution in [0.25, 0.3) is 0 Å². The number of hydrogen-bond donors (Lipinski definition) is 0. The second kappa shape index (κ2) is 5.29. The van der Waals surface area contributed by atoms with Gasteiger partial charge in [0.25, 0.3) is 0 Å². The second-order valence-corrected chi connectivity index (χ2v) is 3.22. The molecule has 15 heavy (non-hydrogen) atoms. The minimum absolute atomic E-state index is 0.271. The van der Waals surface area contributed by atoms with Gasteiger partial charge in [0.1, 0.15) is 11.2 Å². The van der Waals surface area contributed by atoms with Crippen molar-refractivity contribution in [3.05, 3.63) is 12.7 Å². The molecule has 0 aromatic rings. The summed E-state index contributed by atoms with van der Waals surface area (Å²) in [5.41, 5.74) is -1.28. The van der Waals surface area contributed by atoms with Gasteiger partial charge in [0.2, 0.25) is 0 Å². The summed E-state index contributed by atoms with van der Waals surface area (Å²) in [5, 5.41) is 0. The van der Waals surface area contributed by atoms with E-state index in [1.54, 1.807) is 6.92 Å². The Labute approximate surface area is 88.0 Å². The van der Waals surface area contributed by atoms with Crippen LogP contribution in [0.3, 0.4) is 0 Å². The van der Waals surface area contributed by atoms with Crippen molar-refractivity contribution in [3.8, 4) is 0 Å². The van der Waals surface area contributed by atoms with E-state index in [2.05, 4.69) is 16.4 Å². The van der Waals surface area contributed by atoms with Crippen LogP contribution in [-0.2, 0) is 24.2 Å². The highest BCUT2D eigenvalue weighted by Gasteiger charge is 2.39. The van der Waals surface area contributed by atoms with E-state index in [1.165, 1.54) is 13.8 Å². The highest BCUT2D eigenvalue weighted by molar-refractivity contribution is 6.02. The van der Waals surface area contributed by atoms with Crippen molar-refractivity contribution in [2.45, 2.75) is 27.2 Å². The maximum absolute atomic E-state index is 11.4. The van der Waals surface area contributed by atoms with Crippen molar-refractivity contribution < 1.29 is 24.2 Å². The van der Waals surface area contributed by atoms with E-state index in [0.717, 1.165) is 6.08 Å². The largest absolute Gasteiger partial charge is 0.378 e. The number of Topliss-reactive ketones (excluding diaryl/α,β-unsaturated/α-hetero) is 1. The third kappa shape index (κ3) is 3.19. The van der Waals surface area contributed by atoms with E-state index in [9.17, 15) is 14.4 Å². The van der Waals surface area contributed by atoms with Crippen LogP contribution in [0.5, 0.6) is 0 Å². The van der Waals surface area contributed by atoms with Gasteiger partial charge in [-0.3, -0.25) is 4.79 Å². The lowest BCUT2D eigenvalue weighted by Crippen LogP contribution is -2.36. The molecule has 1 unspecified atom stereocenters. The van der Waals surface area contributed by atoms with Crippen molar-refractivity contribution in [2.75, 3.05) is 0 Å². The smallest absolute Gasteiger partial charge is 0.299 e. The minimum atomic E-state index is -1.28. The number of carbonyl (C=O) groups excluding carboxylic acids is 3. The van der Waals surface area contributed by atoms with Gasteiger partial charge in [-0.1, -0.05) is 13.5 Å². The van der Waals surface area contributed by atoms with Gasteiger partial charge in [0, 0.05) is 6.08 Å². The summed E-state index contributed by atoms with van der Waals surface area (Å²) in [4.78, 5) is 41.5. The summed E-state index contributed by atoms with van der Waals surface area (Å²) in [6.45, 7) is 7.50. The topological polar surface area (TPSA) is 69.7 Å². The molecule has 0 fully saturated rings. The van der Waals surface area contributed by atoms with Crippen molar-refractivity contribution in [1.82, 2.24) is 0 Å². The lowest BCUT2D eigenvalue weighted by molar-refractivity contribution is -0.261. The molecular weight excluding hydrogens is 200 g/mol. The summed E-state index contributed by atoms with van der Waals surface area (Å²) < 4.78 is 0. The normalized spacial score (nSPS) is 13.5. The maximum Gasteiger partial charge on any atom is 0.378 e. The zero-order valence-corrected chi connectivity index (χ0v) is 9.03. The first kappa shape index (κ1) is 13.4. The van der Waals surface area contributed by atoms with E-state index in [4.69, 9.17) is 0 Å². The molecule has 0 aliphatic heterocycles. The minimum Gasteiger partial charge on any atom is -0.299 e. The van der Waals surface area contributed by atoms with Gasteiger partial charge in [-0.15, -0.1) is 0 Å². The second-order valence-electron chi connectivity index (χ2n) is 3.22. The van der Waals surface area contributed by atoms with Gasteiger partial charge >= 0.3 is 11.9 Å². The Bertz CT molecular complexity index is 294. The molecule has 0 heterocycles. The van der Waals surface area contributed by atoms with E-state index in [-0.39, 0.29) is 12.2 Å². The molecule has 0 aliphatic carbocycles. The van der Waals surface area contributed by atoms with Gasteiger partial charge in [0.15, 0.2) is 0 Å². The van der Waals surface area contributed by atoms with E-state index in [1.807, 2.05) is 0 Å². The van der Waals surface area contributed by atoms with Gasteiger partial charge < -0.3 is 0 Å². The van der Waals surface area contributed by atoms with Crippen molar-refractivity contribution >= 4 is 17.7 Å². The highest BCUT2D eigenvalue weighted by atomic mass is 17.2. The van der Waals surface area contributed by atoms with Crippen LogP contribution in [0, 0.1) is 5.41 Å². The molecule has 0 rings (SSSR count). The lowest BCUT2D eigenvalue weighted by Gasteiger charge is -2.20. The van der Waals surface area contributed by atoms with E-state index < -0.39 is 17.4 Å². The monoisotopic (exact) mass is 214 g/mol. The number of rotatable bonds is 4. The first-order chi connectivity index (χ1) is 6.88. The Balaban J connectivity index is 4.48.